The minimum Gasteiger partial charge on any atom is -0.453 e. The van der Waals surface area contributed by atoms with Crippen LogP contribution in [0.3, 0.4) is 0 Å². The molecule has 0 aliphatic heterocycles. The quantitative estimate of drug-likeness (QED) is 0.639. The highest BCUT2D eigenvalue weighted by Crippen LogP contribution is 2.15. The second kappa shape index (κ2) is 4.80. The Morgan fingerprint density at radius 2 is 2.58 bits per heavy atom. The fraction of sp³-hybridized carbons (Fsp3) is 0.667. The van der Waals surface area contributed by atoms with E-state index >= 15 is 0 Å². The fourth-order valence-corrected chi connectivity index (χ4v) is 1.34. The van der Waals surface area contributed by atoms with E-state index in [0.29, 0.717) is 12.5 Å². The van der Waals surface area contributed by atoms with Gasteiger partial charge in [-0.2, -0.15) is 0 Å². The predicted molar refractivity (Wildman–Crippen MR) is 46.9 cm³/mol. The number of amides is 1. The maximum absolute atomic E-state index is 10.7. The predicted octanol–water partition coefficient (Wildman–Crippen LogP) is 1.70. The Morgan fingerprint density at radius 3 is 3.17 bits per heavy atom. The van der Waals surface area contributed by atoms with Crippen molar-refractivity contribution in [3.8, 4) is 0 Å². The summed E-state index contributed by atoms with van der Waals surface area (Å²) in [6.07, 6.45) is 7.57. The molecule has 1 aliphatic rings. The van der Waals surface area contributed by atoms with E-state index < -0.39 is 0 Å². The third-order valence-corrected chi connectivity index (χ3v) is 2.05. The summed E-state index contributed by atoms with van der Waals surface area (Å²) < 4.78 is 4.47. The van der Waals surface area contributed by atoms with Crippen molar-refractivity contribution in [1.82, 2.24) is 5.32 Å². The second-order valence-electron chi connectivity index (χ2n) is 2.99. The van der Waals surface area contributed by atoms with Gasteiger partial charge in [0, 0.05) is 6.54 Å². The Bertz CT molecular complexity index is 177. The molecule has 3 nitrogen and oxygen atoms in total. The van der Waals surface area contributed by atoms with E-state index in [4.69, 9.17) is 0 Å². The fourth-order valence-electron chi connectivity index (χ4n) is 1.34. The van der Waals surface area contributed by atoms with Crippen LogP contribution in [-0.2, 0) is 4.74 Å². The van der Waals surface area contributed by atoms with Crippen LogP contribution >= 0.6 is 0 Å². The molecule has 1 rings (SSSR count). The van der Waals surface area contributed by atoms with E-state index in [-0.39, 0.29) is 6.09 Å². The molecule has 1 amide bonds. The van der Waals surface area contributed by atoms with Gasteiger partial charge in [-0.1, -0.05) is 12.2 Å². The monoisotopic (exact) mass is 169 g/mol. The van der Waals surface area contributed by atoms with Crippen LogP contribution in [0.1, 0.15) is 19.3 Å². The largest absolute Gasteiger partial charge is 0.453 e. The summed E-state index contributed by atoms with van der Waals surface area (Å²) in [5.74, 6) is 0.498. The van der Waals surface area contributed by atoms with Gasteiger partial charge < -0.3 is 10.1 Å². The topological polar surface area (TPSA) is 38.3 Å². The molecule has 1 unspecified atom stereocenters. The minimum atomic E-state index is -0.339. The molecule has 1 N–H and O–H groups in total. The minimum absolute atomic E-state index is 0.339. The van der Waals surface area contributed by atoms with Crippen molar-refractivity contribution < 1.29 is 9.53 Å². The number of methoxy groups -OCH3 is 1. The van der Waals surface area contributed by atoms with Crippen LogP contribution in [0.5, 0.6) is 0 Å². The first-order chi connectivity index (χ1) is 5.83. The SMILES string of the molecule is COC(=O)NCC1C=CCCC1. The summed E-state index contributed by atoms with van der Waals surface area (Å²) in [5, 5.41) is 2.69. The van der Waals surface area contributed by atoms with Gasteiger partial charge in [0.15, 0.2) is 0 Å². The van der Waals surface area contributed by atoms with E-state index in [1.54, 1.807) is 0 Å². The Morgan fingerprint density at radius 1 is 1.75 bits per heavy atom. The van der Waals surface area contributed by atoms with Crippen molar-refractivity contribution in [2.45, 2.75) is 19.3 Å². The van der Waals surface area contributed by atoms with Gasteiger partial charge in [-0.15, -0.1) is 0 Å². The van der Waals surface area contributed by atoms with Crippen molar-refractivity contribution in [2.75, 3.05) is 13.7 Å². The molecular weight excluding hydrogens is 154 g/mol. The molecular formula is C9H15NO2. The lowest BCUT2D eigenvalue weighted by molar-refractivity contribution is 0.169. The van der Waals surface area contributed by atoms with Crippen molar-refractivity contribution >= 4 is 6.09 Å². The molecule has 0 spiro atoms. The number of allylic oxidation sites excluding steroid dienone is 1. The van der Waals surface area contributed by atoms with E-state index in [1.807, 2.05) is 0 Å². The molecule has 1 aliphatic carbocycles. The molecule has 0 saturated carbocycles. The van der Waals surface area contributed by atoms with Crippen LogP contribution in [0, 0.1) is 5.92 Å². The summed E-state index contributed by atoms with van der Waals surface area (Å²) in [5.41, 5.74) is 0. The van der Waals surface area contributed by atoms with Crippen LogP contribution < -0.4 is 5.32 Å². The molecule has 68 valence electrons. The van der Waals surface area contributed by atoms with Crippen molar-refractivity contribution in [3.05, 3.63) is 12.2 Å². The molecule has 0 bridgehead atoms. The number of carbonyl (C=O) groups excluding carboxylic acids is 1. The number of ether oxygens (including phenoxy) is 1. The summed E-state index contributed by atoms with van der Waals surface area (Å²) >= 11 is 0. The first-order valence-corrected chi connectivity index (χ1v) is 4.31. The van der Waals surface area contributed by atoms with Crippen LogP contribution in [0.4, 0.5) is 4.79 Å². The third-order valence-electron chi connectivity index (χ3n) is 2.05. The van der Waals surface area contributed by atoms with E-state index in [0.717, 1.165) is 0 Å². The van der Waals surface area contributed by atoms with Crippen LogP contribution in [0.25, 0.3) is 0 Å². The second-order valence-corrected chi connectivity index (χ2v) is 2.99. The number of hydrogen-bond donors (Lipinski definition) is 1. The Labute approximate surface area is 72.8 Å². The Kier molecular flexibility index (Phi) is 3.64. The van der Waals surface area contributed by atoms with Crippen LogP contribution in [0.2, 0.25) is 0 Å². The number of hydrogen-bond acceptors (Lipinski definition) is 2. The summed E-state index contributed by atoms with van der Waals surface area (Å²) in [7, 11) is 1.38. The van der Waals surface area contributed by atoms with Crippen molar-refractivity contribution in [1.29, 1.82) is 0 Å². The van der Waals surface area contributed by atoms with Crippen LogP contribution in [-0.4, -0.2) is 19.7 Å². The van der Waals surface area contributed by atoms with Gasteiger partial charge in [-0.3, -0.25) is 0 Å². The number of nitrogens with one attached hydrogen (secondary N) is 1. The van der Waals surface area contributed by atoms with Gasteiger partial charge in [0.25, 0.3) is 0 Å². The highest BCUT2D eigenvalue weighted by atomic mass is 16.5. The molecule has 0 fully saturated rings. The van der Waals surface area contributed by atoms with Gasteiger partial charge in [-0.25, -0.2) is 4.79 Å². The van der Waals surface area contributed by atoms with E-state index in [9.17, 15) is 4.79 Å². The number of alkyl carbamates (subject to hydrolysis) is 1. The lowest BCUT2D eigenvalue weighted by atomic mass is 9.96. The molecule has 0 heterocycles. The zero-order valence-electron chi connectivity index (χ0n) is 7.38. The van der Waals surface area contributed by atoms with Crippen molar-refractivity contribution in [2.24, 2.45) is 5.92 Å². The highest BCUT2D eigenvalue weighted by molar-refractivity contribution is 5.66. The van der Waals surface area contributed by atoms with Gasteiger partial charge in [0.05, 0.1) is 7.11 Å². The number of rotatable bonds is 2. The van der Waals surface area contributed by atoms with Crippen molar-refractivity contribution in [3.63, 3.8) is 0 Å². The average molecular weight is 169 g/mol. The van der Waals surface area contributed by atoms with Gasteiger partial charge in [-0.05, 0) is 25.2 Å². The average Bonchev–Trinajstić information content (AvgIpc) is 2.16. The molecule has 0 aromatic carbocycles. The zero-order chi connectivity index (χ0) is 8.81. The molecule has 0 aromatic heterocycles. The normalized spacial score (nSPS) is 21.9. The maximum Gasteiger partial charge on any atom is 0.406 e. The lowest BCUT2D eigenvalue weighted by Crippen LogP contribution is -2.28. The first kappa shape index (κ1) is 9.10. The van der Waals surface area contributed by atoms with E-state index in [1.165, 1.54) is 26.4 Å². The molecule has 3 heteroatoms. The summed E-state index contributed by atoms with van der Waals surface area (Å²) in [4.78, 5) is 10.7. The third kappa shape index (κ3) is 2.95. The maximum atomic E-state index is 10.7. The van der Waals surface area contributed by atoms with E-state index in [2.05, 4.69) is 22.2 Å². The molecule has 1 atom stereocenters. The highest BCUT2D eigenvalue weighted by Gasteiger charge is 2.09. The van der Waals surface area contributed by atoms with Gasteiger partial charge in [0.1, 0.15) is 0 Å². The number of carbonyl (C=O) groups is 1. The molecule has 12 heavy (non-hydrogen) atoms. The molecule has 0 radical (unpaired) electrons. The Balaban J connectivity index is 2.17. The first-order valence-electron chi connectivity index (χ1n) is 4.31. The van der Waals surface area contributed by atoms with Gasteiger partial charge >= 0.3 is 6.09 Å². The van der Waals surface area contributed by atoms with Crippen LogP contribution in [0.15, 0.2) is 12.2 Å². The zero-order valence-corrected chi connectivity index (χ0v) is 7.38. The smallest absolute Gasteiger partial charge is 0.406 e. The standard InChI is InChI=1S/C9H15NO2/c1-12-9(11)10-7-8-5-3-2-4-6-8/h3,5,8H,2,4,6-7H2,1H3,(H,10,11). The lowest BCUT2D eigenvalue weighted by Gasteiger charge is -2.15. The van der Waals surface area contributed by atoms with Gasteiger partial charge in [0.2, 0.25) is 0 Å². The summed E-state index contributed by atoms with van der Waals surface area (Å²) in [6, 6.07) is 0. The summed E-state index contributed by atoms with van der Waals surface area (Å²) in [6.45, 7) is 0.698. The Hall–Kier alpha value is -0.990. The molecule has 0 saturated heterocycles. The molecule has 0 aromatic rings.